The van der Waals surface area contributed by atoms with Crippen LogP contribution in [0.3, 0.4) is 0 Å². The van der Waals surface area contributed by atoms with Crippen molar-refractivity contribution >= 4 is 17.8 Å². The fourth-order valence-corrected chi connectivity index (χ4v) is 11.0. The van der Waals surface area contributed by atoms with Gasteiger partial charge in [0, 0.05) is 30.1 Å². The Balaban J connectivity index is 1.34. The molecule has 59 heavy (non-hydrogen) atoms. The van der Waals surface area contributed by atoms with Crippen LogP contribution < -0.4 is 5.73 Å². The topological polar surface area (TPSA) is 182 Å². The lowest BCUT2D eigenvalue weighted by molar-refractivity contribution is -0.408. The SMILES string of the molecule is C=CCOC(=O)[C@H](CC)[C@H]1CC[C@H](C)[C@H]([C@@H](C)[C@H](O)[C@H](C)C(=O)[C@H](CC)[C@H]2O[C@]3(C=C[C@@H](OC(N)=O)[C@]4(CC[C@@](C)([C@H]5CC[C@](O)(CC)[C@H](C)O5)O4)O3)[C@H](C)C[C@@H]2C)O1. The van der Waals surface area contributed by atoms with E-state index >= 15 is 0 Å². The second-order valence-electron chi connectivity index (χ2n) is 18.9. The molecule has 5 heterocycles. The Morgan fingerprint density at radius 3 is 2.25 bits per heavy atom. The molecule has 18 atom stereocenters. The van der Waals surface area contributed by atoms with Gasteiger partial charge in [0.25, 0.3) is 0 Å². The first-order chi connectivity index (χ1) is 27.7. The highest BCUT2D eigenvalue weighted by Crippen LogP contribution is 2.54. The molecule has 0 aromatic rings. The fourth-order valence-electron chi connectivity index (χ4n) is 11.0. The molecule has 0 radical (unpaired) electrons. The number of nitrogens with two attached hydrogens (primary N) is 1. The Morgan fingerprint density at radius 2 is 1.64 bits per heavy atom. The number of aliphatic hydroxyl groups is 2. The minimum Gasteiger partial charge on any atom is -0.461 e. The maximum atomic E-state index is 14.6. The van der Waals surface area contributed by atoms with Crippen LogP contribution in [-0.4, -0.2) is 100 Å². The lowest BCUT2D eigenvalue weighted by atomic mass is 9.72. The summed E-state index contributed by atoms with van der Waals surface area (Å²) in [6, 6.07) is 0. The maximum absolute atomic E-state index is 14.6. The Labute approximate surface area is 352 Å². The van der Waals surface area contributed by atoms with Gasteiger partial charge >= 0.3 is 12.1 Å². The number of ketones is 1. The van der Waals surface area contributed by atoms with Crippen molar-refractivity contribution in [3.05, 3.63) is 24.8 Å². The van der Waals surface area contributed by atoms with Crippen LogP contribution in [0.2, 0.25) is 0 Å². The van der Waals surface area contributed by atoms with E-state index in [4.69, 9.17) is 38.9 Å². The average molecular weight is 834 g/mol. The lowest BCUT2D eigenvalue weighted by Crippen LogP contribution is -2.63. The third-order valence-electron chi connectivity index (χ3n) is 15.0. The van der Waals surface area contributed by atoms with Crippen molar-refractivity contribution in [2.24, 2.45) is 47.2 Å². The van der Waals surface area contributed by atoms with Crippen LogP contribution in [0.25, 0.3) is 0 Å². The highest BCUT2D eigenvalue weighted by Gasteiger charge is 2.64. The number of aliphatic hydroxyl groups excluding tert-OH is 1. The van der Waals surface area contributed by atoms with Gasteiger partial charge in [0.15, 0.2) is 11.9 Å². The molecule has 4 saturated heterocycles. The molecule has 0 aliphatic carbocycles. The number of hydrogen-bond donors (Lipinski definition) is 3. The van der Waals surface area contributed by atoms with Crippen LogP contribution in [0.5, 0.6) is 0 Å². The van der Waals surface area contributed by atoms with Gasteiger partial charge in [-0.1, -0.05) is 68.0 Å². The van der Waals surface area contributed by atoms with Gasteiger partial charge in [-0.15, -0.1) is 0 Å². The Bertz CT molecular complexity index is 1520. The molecule has 0 aromatic heterocycles. The van der Waals surface area contributed by atoms with Crippen LogP contribution in [0.15, 0.2) is 24.8 Å². The van der Waals surface area contributed by atoms with E-state index in [-0.39, 0.29) is 54.4 Å². The van der Waals surface area contributed by atoms with Gasteiger partial charge in [0.2, 0.25) is 5.79 Å². The molecule has 5 aliphatic rings. The number of hydrogen-bond acceptors (Lipinski definition) is 12. The van der Waals surface area contributed by atoms with Gasteiger partial charge in [-0.25, -0.2) is 4.79 Å². The van der Waals surface area contributed by atoms with Gasteiger partial charge in [-0.05, 0) is 95.6 Å². The van der Waals surface area contributed by atoms with Crippen molar-refractivity contribution in [3.63, 3.8) is 0 Å². The number of amides is 1. The molecule has 1 amide bonds. The normalized spacial score (nSPS) is 42.4. The lowest BCUT2D eigenvalue weighted by Gasteiger charge is -2.54. The molecule has 13 heteroatoms. The van der Waals surface area contributed by atoms with E-state index in [0.717, 1.165) is 6.42 Å². The summed E-state index contributed by atoms with van der Waals surface area (Å²) in [6.45, 7) is 23.4. The predicted molar refractivity (Wildman–Crippen MR) is 221 cm³/mol. The standard InChI is InChI=1S/C46H75NO12/c1-12-24-53-41(50)32(13-2)34-17-16-26(5)39(55-34)30(9)37(48)29(8)38(49)33(14-3)40-27(6)25-28(7)45(57-40)21-19-36(56-42(47)51)46(59-45)23-22-43(11,58-46)35-18-20-44(52,15-4)31(10)54-35/h12,19,21,26-37,39-40,48,52H,1,13-18,20,22-25H2,2-11H3,(H2,47,51)/t26-,27-,28+,29-,30-,31-,32+,33-,34+,35+,36+,37+,39+,40-,43-,44+,45-,46-/m0/s1. The van der Waals surface area contributed by atoms with Gasteiger partial charge in [0.05, 0.1) is 53.7 Å². The quantitative estimate of drug-likeness (QED) is 0.114. The van der Waals surface area contributed by atoms with Crippen molar-refractivity contribution in [1.29, 1.82) is 0 Å². The molecule has 0 bridgehead atoms. The number of esters is 1. The van der Waals surface area contributed by atoms with E-state index in [1.165, 1.54) is 0 Å². The third-order valence-corrected chi connectivity index (χ3v) is 15.0. The maximum Gasteiger partial charge on any atom is 0.405 e. The van der Waals surface area contributed by atoms with Crippen molar-refractivity contribution < 1.29 is 57.8 Å². The van der Waals surface area contributed by atoms with E-state index in [0.29, 0.717) is 57.8 Å². The van der Waals surface area contributed by atoms with E-state index in [2.05, 4.69) is 20.4 Å². The number of carbonyl (C=O) groups excluding carboxylic acids is 3. The Hall–Kier alpha value is -2.39. The number of carbonyl (C=O) groups is 3. The van der Waals surface area contributed by atoms with Crippen LogP contribution in [0.1, 0.15) is 133 Å². The molecule has 4 N–H and O–H groups in total. The number of rotatable bonds is 15. The van der Waals surface area contributed by atoms with Crippen LogP contribution >= 0.6 is 0 Å². The molecule has 13 nitrogen and oxygen atoms in total. The zero-order chi connectivity index (χ0) is 43.7. The third kappa shape index (κ3) is 9.51. The zero-order valence-corrected chi connectivity index (χ0v) is 37.4. The monoisotopic (exact) mass is 834 g/mol. The largest absolute Gasteiger partial charge is 0.461 e. The smallest absolute Gasteiger partial charge is 0.405 e. The number of primary amides is 1. The van der Waals surface area contributed by atoms with E-state index < -0.39 is 77.0 Å². The van der Waals surface area contributed by atoms with Crippen molar-refractivity contribution in [3.8, 4) is 0 Å². The molecule has 0 unspecified atom stereocenters. The summed E-state index contributed by atoms with van der Waals surface area (Å²) < 4.78 is 45.1. The Kier molecular flexibility index (Phi) is 15.3. The fraction of sp³-hybridized carbons (Fsp3) is 0.848. The second kappa shape index (κ2) is 18.9. The summed E-state index contributed by atoms with van der Waals surface area (Å²) in [5, 5.41) is 23.0. The van der Waals surface area contributed by atoms with Crippen LogP contribution in [0.4, 0.5) is 4.79 Å². The summed E-state index contributed by atoms with van der Waals surface area (Å²) in [4.78, 5) is 39.8. The zero-order valence-electron chi connectivity index (χ0n) is 37.4. The molecule has 5 aliphatic heterocycles. The first kappa shape index (κ1) is 47.7. The first-order valence-corrected chi connectivity index (χ1v) is 22.5. The summed E-state index contributed by atoms with van der Waals surface area (Å²) >= 11 is 0. The second-order valence-corrected chi connectivity index (χ2v) is 18.9. The minimum absolute atomic E-state index is 0.0303. The molecular weight excluding hydrogens is 759 g/mol. The predicted octanol–water partition coefficient (Wildman–Crippen LogP) is 6.94. The molecule has 4 fully saturated rings. The van der Waals surface area contributed by atoms with Crippen LogP contribution in [0, 0.1) is 41.4 Å². The number of Topliss-reactive ketones (excluding diaryl/α,β-unsaturated/α-hetero) is 1. The minimum atomic E-state index is -1.46. The first-order valence-electron chi connectivity index (χ1n) is 22.5. The highest BCUT2D eigenvalue weighted by atomic mass is 16.8. The van der Waals surface area contributed by atoms with E-state index in [9.17, 15) is 24.6 Å². The molecule has 0 saturated carbocycles. The Morgan fingerprint density at radius 1 is 0.949 bits per heavy atom. The van der Waals surface area contributed by atoms with Gasteiger partial charge in [-0.2, -0.15) is 0 Å². The van der Waals surface area contributed by atoms with Crippen molar-refractivity contribution in [2.45, 2.75) is 199 Å². The molecular formula is C46H75NO12. The average Bonchev–Trinajstić information content (AvgIpc) is 3.54. The highest BCUT2D eigenvalue weighted by molar-refractivity contribution is 5.84. The molecule has 336 valence electrons. The van der Waals surface area contributed by atoms with Crippen LogP contribution in [-0.2, 0) is 42.7 Å². The van der Waals surface area contributed by atoms with Crippen molar-refractivity contribution in [2.75, 3.05) is 6.61 Å². The summed E-state index contributed by atoms with van der Waals surface area (Å²) in [7, 11) is 0. The van der Waals surface area contributed by atoms with Crippen molar-refractivity contribution in [1.82, 2.24) is 0 Å². The summed E-state index contributed by atoms with van der Waals surface area (Å²) in [5.41, 5.74) is 3.82. The molecule has 5 rings (SSSR count). The molecule has 0 aromatic carbocycles. The van der Waals surface area contributed by atoms with Gasteiger partial charge in [-0.3, -0.25) is 9.59 Å². The van der Waals surface area contributed by atoms with E-state index in [1.54, 1.807) is 25.2 Å². The summed E-state index contributed by atoms with van der Waals surface area (Å²) in [6.07, 6.45) is 5.93. The van der Waals surface area contributed by atoms with E-state index in [1.807, 2.05) is 48.5 Å². The van der Waals surface area contributed by atoms with Gasteiger partial charge < -0.3 is 49.1 Å². The number of ether oxygens (including phenoxy) is 7. The molecule has 2 spiro atoms. The summed E-state index contributed by atoms with van der Waals surface area (Å²) in [5.74, 6) is -5.41. The van der Waals surface area contributed by atoms with Gasteiger partial charge in [0.1, 0.15) is 12.4 Å².